The highest BCUT2D eigenvalue weighted by molar-refractivity contribution is 5.89. The molecule has 0 aliphatic carbocycles. The molecule has 156 valence electrons. The van der Waals surface area contributed by atoms with Gasteiger partial charge in [-0.05, 0) is 46.7 Å². The fraction of sp³-hybridized carbons (Fsp3) is 0.115. The highest BCUT2D eigenvalue weighted by atomic mass is 16.5. The number of benzene rings is 4. The van der Waals surface area contributed by atoms with Crippen molar-refractivity contribution in [2.75, 3.05) is 13.7 Å². The average molecular weight is 413 g/mol. The number of para-hydroxylation sites is 1. The van der Waals surface area contributed by atoms with E-state index in [-0.39, 0.29) is 18.3 Å². The Kier molecular flexibility index (Phi) is 6.03. The molecule has 5 heteroatoms. The Morgan fingerprint density at radius 3 is 2.32 bits per heavy atom. The van der Waals surface area contributed by atoms with Gasteiger partial charge in [0.1, 0.15) is 17.2 Å². The molecule has 1 amide bonds. The summed E-state index contributed by atoms with van der Waals surface area (Å²) >= 11 is 0. The first-order valence-electron chi connectivity index (χ1n) is 9.97. The number of rotatable bonds is 7. The summed E-state index contributed by atoms with van der Waals surface area (Å²) in [6.45, 7) is -0.137. The summed E-state index contributed by atoms with van der Waals surface area (Å²) in [6, 6.07) is 27.3. The summed E-state index contributed by atoms with van der Waals surface area (Å²) in [6.07, 6.45) is 0. The lowest BCUT2D eigenvalue weighted by Gasteiger charge is -2.23. The molecular formula is C26H23NO4. The first-order valence-corrected chi connectivity index (χ1v) is 9.97. The van der Waals surface area contributed by atoms with Gasteiger partial charge in [0.25, 0.3) is 5.91 Å². The molecule has 0 saturated carbocycles. The van der Waals surface area contributed by atoms with Crippen LogP contribution in [0.15, 0.2) is 91.0 Å². The number of phenols is 1. The molecule has 0 unspecified atom stereocenters. The summed E-state index contributed by atoms with van der Waals surface area (Å²) in [7, 11) is 1.60. The Morgan fingerprint density at radius 1 is 0.871 bits per heavy atom. The van der Waals surface area contributed by atoms with Crippen LogP contribution in [0.4, 0.5) is 0 Å². The van der Waals surface area contributed by atoms with Gasteiger partial charge < -0.3 is 19.9 Å². The van der Waals surface area contributed by atoms with E-state index in [1.54, 1.807) is 25.3 Å². The Labute approximate surface area is 180 Å². The molecule has 31 heavy (non-hydrogen) atoms. The molecule has 0 aliphatic heterocycles. The van der Waals surface area contributed by atoms with Crippen molar-refractivity contribution in [1.29, 1.82) is 0 Å². The van der Waals surface area contributed by atoms with Crippen LogP contribution in [0.2, 0.25) is 0 Å². The predicted octanol–water partition coefficient (Wildman–Crippen LogP) is 4.84. The number of ether oxygens (including phenoxy) is 2. The Bertz CT molecular complexity index is 1170. The molecule has 4 aromatic rings. The molecule has 4 aromatic carbocycles. The number of carbonyl (C=O) groups is 1. The maximum atomic E-state index is 12.8. The highest BCUT2D eigenvalue weighted by Crippen LogP contribution is 2.36. The number of hydrogen-bond acceptors (Lipinski definition) is 4. The second-order valence-electron chi connectivity index (χ2n) is 7.09. The minimum absolute atomic E-state index is 0.115. The monoisotopic (exact) mass is 413 g/mol. The third-order valence-corrected chi connectivity index (χ3v) is 5.10. The van der Waals surface area contributed by atoms with E-state index in [9.17, 15) is 9.90 Å². The number of hydrogen-bond donors (Lipinski definition) is 2. The first-order chi connectivity index (χ1) is 15.2. The molecule has 1 atom stereocenters. The molecule has 0 aliphatic rings. The van der Waals surface area contributed by atoms with E-state index in [0.717, 1.165) is 16.3 Å². The molecule has 4 rings (SSSR count). The molecule has 0 spiro atoms. The van der Waals surface area contributed by atoms with Crippen molar-refractivity contribution in [3.8, 4) is 17.2 Å². The summed E-state index contributed by atoms with van der Waals surface area (Å²) in [5.74, 6) is 1.15. The smallest absolute Gasteiger partial charge is 0.258 e. The second kappa shape index (κ2) is 9.22. The van der Waals surface area contributed by atoms with Crippen LogP contribution in [-0.4, -0.2) is 24.7 Å². The van der Waals surface area contributed by atoms with E-state index >= 15 is 0 Å². The fourth-order valence-corrected chi connectivity index (χ4v) is 3.57. The van der Waals surface area contributed by atoms with Crippen molar-refractivity contribution in [2.45, 2.75) is 6.04 Å². The van der Waals surface area contributed by atoms with Crippen molar-refractivity contribution in [3.05, 3.63) is 102 Å². The molecule has 2 N–H and O–H groups in total. The van der Waals surface area contributed by atoms with Gasteiger partial charge >= 0.3 is 0 Å². The zero-order chi connectivity index (χ0) is 21.6. The van der Waals surface area contributed by atoms with Crippen LogP contribution in [0.3, 0.4) is 0 Å². The third-order valence-electron chi connectivity index (χ3n) is 5.10. The Hall–Kier alpha value is -3.99. The quantitative estimate of drug-likeness (QED) is 0.455. The third kappa shape index (κ3) is 4.61. The molecular weight excluding hydrogens is 390 g/mol. The van der Waals surface area contributed by atoms with Crippen LogP contribution in [0.1, 0.15) is 17.2 Å². The number of aromatic hydroxyl groups is 1. The topological polar surface area (TPSA) is 67.8 Å². The summed E-state index contributed by atoms with van der Waals surface area (Å²) in [5.41, 5.74) is 1.46. The maximum Gasteiger partial charge on any atom is 0.258 e. The number of amides is 1. The van der Waals surface area contributed by atoms with Crippen molar-refractivity contribution < 1.29 is 19.4 Å². The minimum atomic E-state index is -0.566. The lowest BCUT2D eigenvalue weighted by molar-refractivity contribution is -0.123. The van der Waals surface area contributed by atoms with Gasteiger partial charge in [-0.15, -0.1) is 0 Å². The number of nitrogens with one attached hydrogen (secondary N) is 1. The van der Waals surface area contributed by atoms with E-state index in [0.29, 0.717) is 17.1 Å². The standard InChI is InChI=1S/C26H23NO4/c1-30-20-14-11-19(12-15-20)26(27-24(29)17-31-21-8-3-2-4-9-21)25-22-10-6-5-7-18(22)13-16-23(25)28/h2-16,26,28H,17H2,1H3,(H,27,29)/t26-/m1/s1. The zero-order valence-corrected chi connectivity index (χ0v) is 17.1. The van der Waals surface area contributed by atoms with Crippen molar-refractivity contribution in [2.24, 2.45) is 0 Å². The molecule has 5 nitrogen and oxygen atoms in total. The number of fused-ring (bicyclic) bond motifs is 1. The molecule has 0 aromatic heterocycles. The van der Waals surface area contributed by atoms with Crippen LogP contribution in [-0.2, 0) is 4.79 Å². The van der Waals surface area contributed by atoms with Crippen LogP contribution in [0.25, 0.3) is 10.8 Å². The van der Waals surface area contributed by atoms with Gasteiger partial charge in [-0.1, -0.05) is 60.7 Å². The van der Waals surface area contributed by atoms with Crippen molar-refractivity contribution in [1.82, 2.24) is 5.32 Å². The van der Waals surface area contributed by atoms with Crippen LogP contribution >= 0.6 is 0 Å². The zero-order valence-electron chi connectivity index (χ0n) is 17.1. The summed E-state index contributed by atoms with van der Waals surface area (Å²) in [4.78, 5) is 12.8. The normalized spacial score (nSPS) is 11.6. The minimum Gasteiger partial charge on any atom is -0.508 e. The molecule has 0 bridgehead atoms. The number of phenolic OH excluding ortho intramolecular Hbond substituents is 1. The van der Waals surface area contributed by atoms with Crippen molar-refractivity contribution in [3.63, 3.8) is 0 Å². The van der Waals surface area contributed by atoms with E-state index in [2.05, 4.69) is 5.32 Å². The van der Waals surface area contributed by atoms with Gasteiger partial charge in [0.2, 0.25) is 0 Å². The highest BCUT2D eigenvalue weighted by Gasteiger charge is 2.23. The Morgan fingerprint density at radius 2 is 1.58 bits per heavy atom. The number of carbonyl (C=O) groups excluding carboxylic acids is 1. The van der Waals surface area contributed by atoms with Crippen molar-refractivity contribution >= 4 is 16.7 Å². The lowest BCUT2D eigenvalue weighted by atomic mass is 9.92. The lowest BCUT2D eigenvalue weighted by Crippen LogP contribution is -2.33. The molecule has 0 radical (unpaired) electrons. The second-order valence-corrected chi connectivity index (χ2v) is 7.09. The molecule has 0 fully saturated rings. The van der Waals surface area contributed by atoms with Crippen LogP contribution < -0.4 is 14.8 Å². The first kappa shape index (κ1) is 20.3. The van der Waals surface area contributed by atoms with Gasteiger partial charge in [0.05, 0.1) is 13.2 Å². The van der Waals surface area contributed by atoms with Gasteiger partial charge in [-0.25, -0.2) is 0 Å². The SMILES string of the molecule is COc1ccc([C@@H](NC(=O)COc2ccccc2)c2c(O)ccc3ccccc23)cc1. The van der Waals surface area contributed by atoms with E-state index < -0.39 is 6.04 Å². The largest absolute Gasteiger partial charge is 0.508 e. The fourth-order valence-electron chi connectivity index (χ4n) is 3.57. The van der Waals surface area contributed by atoms with Gasteiger partial charge in [0, 0.05) is 5.56 Å². The van der Waals surface area contributed by atoms with Gasteiger partial charge in [-0.3, -0.25) is 4.79 Å². The van der Waals surface area contributed by atoms with Gasteiger partial charge in [0.15, 0.2) is 6.61 Å². The average Bonchev–Trinajstić information content (AvgIpc) is 2.82. The predicted molar refractivity (Wildman–Crippen MR) is 121 cm³/mol. The van der Waals surface area contributed by atoms with Crippen LogP contribution in [0.5, 0.6) is 17.2 Å². The van der Waals surface area contributed by atoms with E-state index in [1.807, 2.05) is 72.8 Å². The maximum absolute atomic E-state index is 12.8. The Balaban J connectivity index is 1.68. The number of methoxy groups -OCH3 is 1. The molecule has 0 heterocycles. The van der Waals surface area contributed by atoms with E-state index in [1.165, 1.54) is 0 Å². The molecule has 0 saturated heterocycles. The van der Waals surface area contributed by atoms with Gasteiger partial charge in [-0.2, -0.15) is 0 Å². The summed E-state index contributed by atoms with van der Waals surface area (Å²) < 4.78 is 10.9. The van der Waals surface area contributed by atoms with Crippen LogP contribution in [0, 0.1) is 0 Å². The van der Waals surface area contributed by atoms with E-state index in [4.69, 9.17) is 9.47 Å². The summed E-state index contributed by atoms with van der Waals surface area (Å²) in [5, 5.41) is 15.6.